The van der Waals surface area contributed by atoms with E-state index in [-0.39, 0.29) is 23.8 Å². The molecule has 1 unspecified atom stereocenters. The lowest BCUT2D eigenvalue weighted by molar-refractivity contribution is -0.130. The molecule has 2 rings (SSSR count). The third-order valence-electron chi connectivity index (χ3n) is 3.46. The highest BCUT2D eigenvalue weighted by Gasteiger charge is 2.35. The Labute approximate surface area is 133 Å². The highest BCUT2D eigenvalue weighted by molar-refractivity contribution is 7.97. The molecule has 0 spiro atoms. The Bertz CT molecular complexity index is 516. The number of rotatable bonds is 6. The molecule has 1 aliphatic rings. The van der Waals surface area contributed by atoms with Crippen molar-refractivity contribution in [2.45, 2.75) is 38.6 Å². The van der Waals surface area contributed by atoms with Gasteiger partial charge in [-0.2, -0.15) is 11.8 Å². The summed E-state index contributed by atoms with van der Waals surface area (Å²) < 4.78 is 0. The summed E-state index contributed by atoms with van der Waals surface area (Å²) in [6.07, 6.45) is 2.36. The number of hydrogen-bond donors (Lipinski definition) is 1. The number of carbonyl (C=O) groups is 2. The second kappa shape index (κ2) is 7.26. The second-order valence-electron chi connectivity index (χ2n) is 5.42. The Balaban J connectivity index is 1.83. The fourth-order valence-corrected chi connectivity index (χ4v) is 3.86. The molecule has 116 valence electrons. The summed E-state index contributed by atoms with van der Waals surface area (Å²) >= 11 is 3.35. The molecule has 0 aliphatic carbocycles. The number of amides is 2. The van der Waals surface area contributed by atoms with Gasteiger partial charge in [0, 0.05) is 30.1 Å². The van der Waals surface area contributed by atoms with Crippen LogP contribution in [0, 0.1) is 5.92 Å². The molecule has 1 aromatic rings. The predicted octanol–water partition coefficient (Wildman–Crippen LogP) is 1.88. The number of aromatic nitrogens is 1. The Hall–Kier alpha value is -1.08. The molecule has 0 aromatic carbocycles. The van der Waals surface area contributed by atoms with Gasteiger partial charge < -0.3 is 10.2 Å². The van der Waals surface area contributed by atoms with Crippen molar-refractivity contribution >= 4 is 34.9 Å². The second-order valence-corrected chi connectivity index (χ2v) is 7.23. The summed E-state index contributed by atoms with van der Waals surface area (Å²) in [6, 6.07) is 0.156. The van der Waals surface area contributed by atoms with Crippen LogP contribution in [0.1, 0.15) is 31.0 Å². The van der Waals surface area contributed by atoms with Gasteiger partial charge in [-0.1, -0.05) is 0 Å². The third kappa shape index (κ3) is 4.20. The summed E-state index contributed by atoms with van der Waals surface area (Å²) in [4.78, 5) is 30.2. The SMILES string of the molecule is CSCc1nc(CNC(=O)C2CC(=O)N(C(C)C)C2)cs1. The molecule has 1 fully saturated rings. The molecule has 7 heteroatoms. The monoisotopic (exact) mass is 327 g/mol. The van der Waals surface area contributed by atoms with E-state index < -0.39 is 0 Å². The minimum atomic E-state index is -0.232. The third-order valence-corrected chi connectivity index (χ3v) is 5.11. The van der Waals surface area contributed by atoms with Gasteiger partial charge in [-0.25, -0.2) is 4.98 Å². The molecule has 5 nitrogen and oxygen atoms in total. The van der Waals surface area contributed by atoms with E-state index in [9.17, 15) is 9.59 Å². The first kappa shape index (κ1) is 16.3. The number of thiazole rings is 1. The maximum absolute atomic E-state index is 12.1. The number of nitrogens with zero attached hydrogens (tertiary/aromatic N) is 2. The molecule has 0 radical (unpaired) electrons. The summed E-state index contributed by atoms with van der Waals surface area (Å²) in [5.74, 6) is 0.690. The molecule has 21 heavy (non-hydrogen) atoms. The number of thioether (sulfide) groups is 1. The number of hydrogen-bond acceptors (Lipinski definition) is 5. The minimum Gasteiger partial charge on any atom is -0.350 e. The van der Waals surface area contributed by atoms with Crippen molar-refractivity contribution in [3.8, 4) is 0 Å². The van der Waals surface area contributed by atoms with E-state index in [0.29, 0.717) is 19.5 Å². The van der Waals surface area contributed by atoms with Crippen molar-refractivity contribution in [3.63, 3.8) is 0 Å². The van der Waals surface area contributed by atoms with Crippen molar-refractivity contribution in [3.05, 3.63) is 16.1 Å². The summed E-state index contributed by atoms with van der Waals surface area (Å²) in [6.45, 7) is 4.91. The van der Waals surface area contributed by atoms with Crippen LogP contribution in [0.5, 0.6) is 0 Å². The molecule has 2 amide bonds. The van der Waals surface area contributed by atoms with E-state index in [1.807, 2.05) is 25.5 Å². The van der Waals surface area contributed by atoms with Gasteiger partial charge in [0.05, 0.1) is 18.2 Å². The summed E-state index contributed by atoms with van der Waals surface area (Å²) in [5, 5.41) is 5.95. The van der Waals surface area contributed by atoms with Crippen LogP contribution in [0.2, 0.25) is 0 Å². The standard InChI is InChI=1S/C14H21N3O2S2/c1-9(2)17-6-10(4-13(17)18)14(19)15-5-11-7-21-12(16-11)8-20-3/h7,9-10H,4-6,8H2,1-3H3,(H,15,19). The maximum atomic E-state index is 12.1. The van der Waals surface area contributed by atoms with Crippen LogP contribution in [0.15, 0.2) is 5.38 Å². The van der Waals surface area contributed by atoms with E-state index in [0.717, 1.165) is 16.5 Å². The minimum absolute atomic E-state index is 0.0501. The van der Waals surface area contributed by atoms with Crippen molar-refractivity contribution in [2.24, 2.45) is 5.92 Å². The van der Waals surface area contributed by atoms with E-state index in [4.69, 9.17) is 0 Å². The first-order valence-corrected chi connectivity index (χ1v) is 9.28. The van der Waals surface area contributed by atoms with E-state index >= 15 is 0 Å². The van der Waals surface area contributed by atoms with Crippen LogP contribution in [0.25, 0.3) is 0 Å². The highest BCUT2D eigenvalue weighted by atomic mass is 32.2. The van der Waals surface area contributed by atoms with Gasteiger partial charge in [0.25, 0.3) is 0 Å². The summed E-state index contributed by atoms with van der Waals surface area (Å²) in [5.41, 5.74) is 0.891. The summed E-state index contributed by atoms with van der Waals surface area (Å²) in [7, 11) is 0. The Morgan fingerprint density at radius 2 is 2.38 bits per heavy atom. The molecule has 0 saturated carbocycles. The van der Waals surface area contributed by atoms with Gasteiger partial charge in [0.2, 0.25) is 11.8 Å². The zero-order valence-corrected chi connectivity index (χ0v) is 14.2. The zero-order valence-electron chi connectivity index (χ0n) is 12.6. The lowest BCUT2D eigenvalue weighted by Gasteiger charge is -2.20. The van der Waals surface area contributed by atoms with E-state index in [1.165, 1.54) is 0 Å². The van der Waals surface area contributed by atoms with Crippen molar-refractivity contribution < 1.29 is 9.59 Å². The zero-order chi connectivity index (χ0) is 15.4. The molecule has 2 heterocycles. The average molecular weight is 327 g/mol. The van der Waals surface area contributed by atoms with Gasteiger partial charge in [-0.3, -0.25) is 9.59 Å². The Morgan fingerprint density at radius 1 is 1.62 bits per heavy atom. The van der Waals surface area contributed by atoms with Gasteiger partial charge >= 0.3 is 0 Å². The highest BCUT2D eigenvalue weighted by Crippen LogP contribution is 2.20. The van der Waals surface area contributed by atoms with Crippen molar-refractivity contribution in [1.82, 2.24) is 15.2 Å². The number of likely N-dealkylation sites (tertiary alicyclic amines) is 1. The smallest absolute Gasteiger partial charge is 0.225 e. The molecular formula is C14H21N3O2S2. The average Bonchev–Trinajstić information content (AvgIpc) is 3.03. The van der Waals surface area contributed by atoms with Gasteiger partial charge in [0.1, 0.15) is 5.01 Å². The van der Waals surface area contributed by atoms with Crippen LogP contribution in [-0.2, 0) is 21.9 Å². The number of nitrogens with one attached hydrogen (secondary N) is 1. The van der Waals surface area contributed by atoms with E-state index in [1.54, 1.807) is 28.0 Å². The van der Waals surface area contributed by atoms with E-state index in [2.05, 4.69) is 10.3 Å². The first-order chi connectivity index (χ1) is 10.0. The van der Waals surface area contributed by atoms with Gasteiger partial charge in [-0.15, -0.1) is 11.3 Å². The normalized spacial score (nSPS) is 18.6. The fraction of sp³-hybridized carbons (Fsp3) is 0.643. The Morgan fingerprint density at radius 3 is 3.00 bits per heavy atom. The molecule has 1 aromatic heterocycles. The lowest BCUT2D eigenvalue weighted by atomic mass is 10.1. The fourth-order valence-electron chi connectivity index (χ4n) is 2.35. The predicted molar refractivity (Wildman–Crippen MR) is 86.1 cm³/mol. The topological polar surface area (TPSA) is 62.3 Å². The number of carbonyl (C=O) groups excluding carboxylic acids is 2. The maximum Gasteiger partial charge on any atom is 0.225 e. The Kier molecular flexibility index (Phi) is 5.64. The molecule has 1 aliphatic heterocycles. The van der Waals surface area contributed by atoms with Crippen LogP contribution in [-0.4, -0.2) is 40.5 Å². The largest absolute Gasteiger partial charge is 0.350 e. The lowest BCUT2D eigenvalue weighted by Crippen LogP contribution is -2.35. The van der Waals surface area contributed by atoms with Crippen LogP contribution < -0.4 is 5.32 Å². The molecular weight excluding hydrogens is 306 g/mol. The molecule has 0 bridgehead atoms. The molecule has 1 atom stereocenters. The van der Waals surface area contributed by atoms with Gasteiger partial charge in [0.15, 0.2) is 0 Å². The van der Waals surface area contributed by atoms with Crippen molar-refractivity contribution in [1.29, 1.82) is 0 Å². The van der Waals surface area contributed by atoms with Gasteiger partial charge in [-0.05, 0) is 20.1 Å². The molecule has 1 N–H and O–H groups in total. The van der Waals surface area contributed by atoms with Crippen molar-refractivity contribution in [2.75, 3.05) is 12.8 Å². The quantitative estimate of drug-likeness (QED) is 0.866. The molecule has 1 saturated heterocycles. The van der Waals surface area contributed by atoms with Crippen LogP contribution in [0.4, 0.5) is 0 Å². The van der Waals surface area contributed by atoms with Crippen LogP contribution in [0.3, 0.4) is 0 Å². The van der Waals surface area contributed by atoms with Crippen LogP contribution >= 0.6 is 23.1 Å². The first-order valence-electron chi connectivity index (χ1n) is 7.00.